The van der Waals surface area contributed by atoms with Gasteiger partial charge in [-0.15, -0.1) is 0 Å². The monoisotopic (exact) mass is 248 g/mol. The van der Waals surface area contributed by atoms with Crippen LogP contribution in [0.3, 0.4) is 0 Å². The number of aryl methyl sites for hydroxylation is 1. The van der Waals surface area contributed by atoms with Crippen LogP contribution in [0.5, 0.6) is 0 Å². The molecule has 0 radical (unpaired) electrons. The molecule has 1 heterocycles. The molecule has 19 heavy (non-hydrogen) atoms. The van der Waals surface area contributed by atoms with Gasteiger partial charge in [0.1, 0.15) is 5.82 Å². The molecule has 0 saturated heterocycles. The average molecular weight is 248 g/mol. The second-order valence-electron chi connectivity index (χ2n) is 4.16. The molecule has 1 aromatic heterocycles. The van der Waals surface area contributed by atoms with Gasteiger partial charge in [0, 0.05) is 12.2 Å². The molecule has 4 nitrogen and oxygen atoms in total. The lowest BCUT2D eigenvalue weighted by atomic mass is 10.1. The quantitative estimate of drug-likeness (QED) is 0.906. The van der Waals surface area contributed by atoms with E-state index in [0.29, 0.717) is 23.5 Å². The number of hydrogen-bond acceptors (Lipinski definition) is 4. The van der Waals surface area contributed by atoms with Crippen molar-refractivity contribution < 1.29 is 0 Å². The van der Waals surface area contributed by atoms with Crippen molar-refractivity contribution in [3.63, 3.8) is 0 Å². The molecule has 0 unspecified atom stereocenters. The highest BCUT2D eigenvalue weighted by Gasteiger charge is 2.00. The van der Waals surface area contributed by atoms with E-state index in [1.54, 1.807) is 18.2 Å². The van der Waals surface area contributed by atoms with Crippen molar-refractivity contribution in [1.29, 1.82) is 10.5 Å². The largest absolute Gasteiger partial charge is 0.366 e. The SMILES string of the molecule is Cc1cc(C#N)cc(NCc2cccc(C#N)c2)n1. The van der Waals surface area contributed by atoms with Gasteiger partial charge in [-0.1, -0.05) is 12.1 Å². The maximum atomic E-state index is 8.90. The summed E-state index contributed by atoms with van der Waals surface area (Å²) in [5.74, 6) is 0.666. The number of anilines is 1. The molecule has 0 saturated carbocycles. The predicted molar refractivity (Wildman–Crippen MR) is 72.2 cm³/mol. The zero-order valence-electron chi connectivity index (χ0n) is 10.5. The zero-order valence-corrected chi connectivity index (χ0v) is 10.5. The Bertz CT molecular complexity index is 677. The van der Waals surface area contributed by atoms with Crippen LogP contribution in [0, 0.1) is 29.6 Å². The van der Waals surface area contributed by atoms with Gasteiger partial charge in [-0.3, -0.25) is 0 Å². The molecule has 4 heteroatoms. The van der Waals surface area contributed by atoms with Crippen LogP contribution in [0.4, 0.5) is 5.82 Å². The summed E-state index contributed by atoms with van der Waals surface area (Å²) in [6, 6.07) is 15.0. The van der Waals surface area contributed by atoms with Crippen molar-refractivity contribution in [2.75, 3.05) is 5.32 Å². The van der Waals surface area contributed by atoms with Gasteiger partial charge in [-0.25, -0.2) is 4.98 Å². The minimum absolute atomic E-state index is 0.566. The van der Waals surface area contributed by atoms with Gasteiger partial charge >= 0.3 is 0 Å². The van der Waals surface area contributed by atoms with Crippen LogP contribution in [0.1, 0.15) is 22.4 Å². The minimum atomic E-state index is 0.566. The van der Waals surface area contributed by atoms with E-state index in [1.165, 1.54) is 0 Å². The first-order valence-corrected chi connectivity index (χ1v) is 5.83. The van der Waals surface area contributed by atoms with Gasteiger partial charge in [0.2, 0.25) is 0 Å². The number of nitriles is 2. The van der Waals surface area contributed by atoms with E-state index in [0.717, 1.165) is 11.3 Å². The number of aromatic nitrogens is 1. The van der Waals surface area contributed by atoms with Crippen molar-refractivity contribution >= 4 is 5.82 Å². The topological polar surface area (TPSA) is 72.5 Å². The second-order valence-corrected chi connectivity index (χ2v) is 4.16. The third-order valence-corrected chi connectivity index (χ3v) is 2.61. The van der Waals surface area contributed by atoms with E-state index >= 15 is 0 Å². The molecule has 0 aliphatic carbocycles. The Labute approximate surface area is 112 Å². The third kappa shape index (κ3) is 3.31. The van der Waals surface area contributed by atoms with Crippen LogP contribution in [0.2, 0.25) is 0 Å². The zero-order chi connectivity index (χ0) is 13.7. The molecular formula is C15H12N4. The molecule has 0 atom stereocenters. The van der Waals surface area contributed by atoms with Gasteiger partial charge in [0.25, 0.3) is 0 Å². The molecular weight excluding hydrogens is 236 g/mol. The molecule has 2 rings (SSSR count). The van der Waals surface area contributed by atoms with E-state index in [9.17, 15) is 0 Å². The fraction of sp³-hybridized carbons (Fsp3) is 0.133. The summed E-state index contributed by atoms with van der Waals surface area (Å²) in [7, 11) is 0. The summed E-state index contributed by atoms with van der Waals surface area (Å²) in [5.41, 5.74) is 3.02. The number of benzene rings is 1. The summed E-state index contributed by atoms with van der Waals surface area (Å²) < 4.78 is 0. The Morgan fingerprint density at radius 1 is 1.11 bits per heavy atom. The lowest BCUT2D eigenvalue weighted by molar-refractivity contribution is 1.08. The normalized spacial score (nSPS) is 9.42. The van der Waals surface area contributed by atoms with Crippen molar-refractivity contribution in [3.05, 3.63) is 58.8 Å². The molecule has 0 amide bonds. The van der Waals surface area contributed by atoms with Crippen molar-refractivity contribution in [2.45, 2.75) is 13.5 Å². The van der Waals surface area contributed by atoms with Crippen LogP contribution in [-0.4, -0.2) is 4.98 Å². The lowest BCUT2D eigenvalue weighted by Crippen LogP contribution is -2.02. The van der Waals surface area contributed by atoms with E-state index in [2.05, 4.69) is 22.4 Å². The number of hydrogen-bond donors (Lipinski definition) is 1. The van der Waals surface area contributed by atoms with Crippen molar-refractivity contribution in [2.24, 2.45) is 0 Å². The number of nitrogens with one attached hydrogen (secondary N) is 1. The summed E-state index contributed by atoms with van der Waals surface area (Å²) in [4.78, 5) is 4.31. The first kappa shape index (κ1) is 12.6. The number of rotatable bonds is 3. The molecule has 0 aliphatic heterocycles. The summed E-state index contributed by atoms with van der Waals surface area (Å²) in [6.07, 6.45) is 0. The van der Waals surface area contributed by atoms with Gasteiger partial charge < -0.3 is 5.32 Å². The first-order valence-electron chi connectivity index (χ1n) is 5.83. The molecule has 0 fully saturated rings. The van der Waals surface area contributed by atoms with Crippen LogP contribution >= 0.6 is 0 Å². The fourth-order valence-electron chi connectivity index (χ4n) is 1.77. The third-order valence-electron chi connectivity index (χ3n) is 2.61. The molecule has 2 aromatic rings. The van der Waals surface area contributed by atoms with Gasteiger partial charge in [0.05, 0.1) is 23.3 Å². The Morgan fingerprint density at radius 3 is 2.63 bits per heavy atom. The van der Waals surface area contributed by atoms with Crippen LogP contribution in [-0.2, 0) is 6.54 Å². The predicted octanol–water partition coefficient (Wildman–Crippen LogP) is 2.75. The molecule has 0 bridgehead atoms. The van der Waals surface area contributed by atoms with Crippen molar-refractivity contribution in [3.8, 4) is 12.1 Å². The summed E-state index contributed by atoms with van der Waals surface area (Å²) >= 11 is 0. The molecule has 0 aliphatic rings. The van der Waals surface area contributed by atoms with Gasteiger partial charge in [-0.05, 0) is 36.8 Å². The smallest absolute Gasteiger partial charge is 0.127 e. The standard InChI is InChI=1S/C15H12N4/c1-11-5-14(9-17)7-15(19-11)18-10-13-4-2-3-12(6-13)8-16/h2-7H,10H2,1H3,(H,18,19). The molecule has 1 aromatic carbocycles. The second kappa shape index (κ2) is 5.66. The summed E-state index contributed by atoms with van der Waals surface area (Å²) in [5, 5.41) is 20.9. The number of nitrogens with zero attached hydrogens (tertiary/aromatic N) is 3. The van der Waals surface area contributed by atoms with E-state index in [-0.39, 0.29) is 0 Å². The van der Waals surface area contributed by atoms with Gasteiger partial charge in [0.15, 0.2) is 0 Å². The Morgan fingerprint density at radius 2 is 1.89 bits per heavy atom. The molecule has 92 valence electrons. The summed E-state index contributed by atoms with van der Waals surface area (Å²) in [6.45, 7) is 2.42. The first-order chi connectivity index (χ1) is 9.21. The highest BCUT2D eigenvalue weighted by Crippen LogP contribution is 2.11. The fourth-order valence-corrected chi connectivity index (χ4v) is 1.77. The van der Waals surface area contributed by atoms with Crippen LogP contribution in [0.15, 0.2) is 36.4 Å². The highest BCUT2D eigenvalue weighted by atomic mass is 15.0. The average Bonchev–Trinajstić information content (AvgIpc) is 2.44. The number of pyridine rings is 1. The van der Waals surface area contributed by atoms with Crippen LogP contribution < -0.4 is 5.32 Å². The van der Waals surface area contributed by atoms with Gasteiger partial charge in [-0.2, -0.15) is 10.5 Å². The van der Waals surface area contributed by atoms with Crippen molar-refractivity contribution in [1.82, 2.24) is 4.98 Å². The Hall–Kier alpha value is -2.85. The van der Waals surface area contributed by atoms with E-state index in [1.807, 2.05) is 25.1 Å². The van der Waals surface area contributed by atoms with Crippen LogP contribution in [0.25, 0.3) is 0 Å². The van der Waals surface area contributed by atoms with E-state index < -0.39 is 0 Å². The lowest BCUT2D eigenvalue weighted by Gasteiger charge is -2.07. The maximum Gasteiger partial charge on any atom is 0.127 e. The molecule has 1 N–H and O–H groups in total. The Balaban J connectivity index is 2.12. The van der Waals surface area contributed by atoms with E-state index in [4.69, 9.17) is 10.5 Å². The maximum absolute atomic E-state index is 8.90. The minimum Gasteiger partial charge on any atom is -0.366 e. The Kier molecular flexibility index (Phi) is 3.75. The molecule has 0 spiro atoms. The highest BCUT2D eigenvalue weighted by molar-refractivity contribution is 5.45.